The minimum atomic E-state index is -0.669. The molecule has 0 saturated heterocycles. The molecule has 0 spiro atoms. The number of aliphatic hydroxyl groups is 1. The first-order chi connectivity index (χ1) is 9.28. The number of carbonyl (C=O) groups is 1. The third-order valence-electron chi connectivity index (χ3n) is 3.29. The largest absolute Gasteiger partial charge is 0.497 e. The zero-order valence-corrected chi connectivity index (χ0v) is 13.9. The summed E-state index contributed by atoms with van der Waals surface area (Å²) in [6, 6.07) is 3.35. The zero-order chi connectivity index (χ0) is 15.5. The van der Waals surface area contributed by atoms with Crippen molar-refractivity contribution in [2.24, 2.45) is 0 Å². The van der Waals surface area contributed by atoms with Crippen molar-refractivity contribution in [3.8, 4) is 11.5 Å². The van der Waals surface area contributed by atoms with Gasteiger partial charge in [0.15, 0.2) is 0 Å². The molecule has 0 saturated carbocycles. The summed E-state index contributed by atoms with van der Waals surface area (Å²) in [5, 5.41) is 9.38. The molecule has 1 amide bonds. The lowest BCUT2D eigenvalue weighted by Gasteiger charge is -2.34. The fourth-order valence-corrected chi connectivity index (χ4v) is 2.22. The lowest BCUT2D eigenvalue weighted by molar-refractivity contribution is 0.0470. The lowest BCUT2D eigenvalue weighted by atomic mass is 10.0. The second-order valence-corrected chi connectivity index (χ2v) is 5.88. The number of amides is 1. The van der Waals surface area contributed by atoms with Crippen LogP contribution in [0.3, 0.4) is 0 Å². The molecule has 1 aromatic carbocycles. The van der Waals surface area contributed by atoms with E-state index in [1.807, 2.05) is 0 Å². The van der Waals surface area contributed by atoms with Gasteiger partial charge in [0, 0.05) is 7.05 Å². The van der Waals surface area contributed by atoms with Gasteiger partial charge < -0.3 is 19.5 Å². The molecule has 0 aromatic heterocycles. The minimum Gasteiger partial charge on any atom is -0.497 e. The molecule has 20 heavy (non-hydrogen) atoms. The molecular weight excluding hydrogens is 326 g/mol. The number of likely N-dealkylation sites (N-methyl/N-ethyl adjacent to an activating group) is 1. The van der Waals surface area contributed by atoms with Crippen molar-refractivity contribution in [2.45, 2.75) is 19.4 Å². The Labute approximate surface area is 127 Å². The summed E-state index contributed by atoms with van der Waals surface area (Å²) in [7, 11) is 4.68. The number of benzene rings is 1. The Balaban J connectivity index is 3.31. The van der Waals surface area contributed by atoms with Gasteiger partial charge in [-0.1, -0.05) is 0 Å². The molecule has 6 heteroatoms. The van der Waals surface area contributed by atoms with Crippen LogP contribution in [0.15, 0.2) is 16.6 Å². The van der Waals surface area contributed by atoms with Gasteiger partial charge in [0.05, 0.1) is 36.4 Å². The van der Waals surface area contributed by atoms with Gasteiger partial charge in [-0.15, -0.1) is 0 Å². The van der Waals surface area contributed by atoms with Crippen molar-refractivity contribution in [1.29, 1.82) is 0 Å². The predicted molar refractivity (Wildman–Crippen MR) is 80.5 cm³/mol. The molecule has 1 N–H and O–H groups in total. The zero-order valence-electron chi connectivity index (χ0n) is 12.4. The molecule has 0 aliphatic carbocycles. The fourth-order valence-electron chi connectivity index (χ4n) is 1.61. The van der Waals surface area contributed by atoms with Crippen LogP contribution < -0.4 is 9.47 Å². The number of carbonyl (C=O) groups excluding carboxylic acids is 1. The Morgan fingerprint density at radius 1 is 1.35 bits per heavy atom. The van der Waals surface area contributed by atoms with Gasteiger partial charge in [0.2, 0.25) is 0 Å². The smallest absolute Gasteiger partial charge is 0.258 e. The van der Waals surface area contributed by atoms with Crippen LogP contribution >= 0.6 is 15.9 Å². The summed E-state index contributed by atoms with van der Waals surface area (Å²) in [4.78, 5) is 14.1. The highest BCUT2D eigenvalue weighted by Gasteiger charge is 2.30. The Bertz CT molecular complexity index is 502. The maximum absolute atomic E-state index is 12.6. The number of halogens is 1. The van der Waals surface area contributed by atoms with Crippen LogP contribution in [0.4, 0.5) is 0 Å². The average molecular weight is 346 g/mol. The summed E-state index contributed by atoms with van der Waals surface area (Å²) in [6.07, 6.45) is 0. The van der Waals surface area contributed by atoms with Crippen molar-refractivity contribution in [3.05, 3.63) is 22.2 Å². The first kappa shape index (κ1) is 16.8. The van der Waals surface area contributed by atoms with E-state index in [1.54, 1.807) is 33.0 Å². The average Bonchev–Trinajstić information content (AvgIpc) is 2.44. The Morgan fingerprint density at radius 2 is 1.95 bits per heavy atom. The van der Waals surface area contributed by atoms with Gasteiger partial charge in [-0.05, 0) is 41.9 Å². The van der Waals surface area contributed by atoms with E-state index in [-0.39, 0.29) is 12.5 Å². The van der Waals surface area contributed by atoms with E-state index < -0.39 is 5.54 Å². The number of aliphatic hydroxyl groups excluding tert-OH is 1. The Kier molecular flexibility index (Phi) is 5.42. The second kappa shape index (κ2) is 6.45. The van der Waals surface area contributed by atoms with Crippen LogP contribution in [0.2, 0.25) is 0 Å². The van der Waals surface area contributed by atoms with E-state index in [4.69, 9.17) is 9.47 Å². The van der Waals surface area contributed by atoms with Gasteiger partial charge in [-0.3, -0.25) is 4.79 Å². The maximum atomic E-state index is 12.6. The van der Waals surface area contributed by atoms with Crippen molar-refractivity contribution in [1.82, 2.24) is 4.90 Å². The van der Waals surface area contributed by atoms with Crippen LogP contribution in [0.25, 0.3) is 0 Å². The number of hydrogen-bond acceptors (Lipinski definition) is 4. The van der Waals surface area contributed by atoms with Gasteiger partial charge in [-0.25, -0.2) is 0 Å². The van der Waals surface area contributed by atoms with Crippen molar-refractivity contribution < 1.29 is 19.4 Å². The highest BCUT2D eigenvalue weighted by Crippen LogP contribution is 2.35. The third kappa shape index (κ3) is 3.24. The number of hydrogen-bond donors (Lipinski definition) is 1. The highest BCUT2D eigenvalue weighted by atomic mass is 79.9. The number of rotatable bonds is 5. The molecule has 1 rings (SSSR count). The van der Waals surface area contributed by atoms with E-state index in [2.05, 4.69) is 15.9 Å². The van der Waals surface area contributed by atoms with E-state index in [0.717, 1.165) is 0 Å². The quantitative estimate of drug-likeness (QED) is 0.889. The molecule has 0 fully saturated rings. The standard InChI is InChI=1S/C14H20BrNO4/c1-14(2,8-17)16(3)13(18)10-6-9(19-4)7-11(15)12(10)20-5/h6-7,17H,8H2,1-5H3. The molecule has 1 aromatic rings. The molecule has 0 heterocycles. The summed E-state index contributed by atoms with van der Waals surface area (Å²) < 4.78 is 11.1. The molecule has 0 unspecified atom stereocenters. The highest BCUT2D eigenvalue weighted by molar-refractivity contribution is 9.10. The molecule has 5 nitrogen and oxygen atoms in total. The molecule has 0 bridgehead atoms. The van der Waals surface area contributed by atoms with E-state index in [1.165, 1.54) is 19.1 Å². The molecule has 0 aliphatic heterocycles. The van der Waals surface area contributed by atoms with Crippen LogP contribution in [0.1, 0.15) is 24.2 Å². The fraction of sp³-hybridized carbons (Fsp3) is 0.500. The normalized spacial score (nSPS) is 11.2. The van der Waals surface area contributed by atoms with Gasteiger partial charge in [0.25, 0.3) is 5.91 Å². The molecule has 0 radical (unpaired) electrons. The van der Waals surface area contributed by atoms with Crippen LogP contribution in [0, 0.1) is 0 Å². The number of ether oxygens (including phenoxy) is 2. The van der Waals surface area contributed by atoms with Crippen LogP contribution in [-0.2, 0) is 0 Å². The number of methoxy groups -OCH3 is 2. The summed E-state index contributed by atoms with van der Waals surface area (Å²) >= 11 is 3.36. The van der Waals surface area contributed by atoms with E-state index in [0.29, 0.717) is 21.5 Å². The first-order valence-corrected chi connectivity index (χ1v) is 6.88. The topological polar surface area (TPSA) is 59.0 Å². The van der Waals surface area contributed by atoms with Crippen LogP contribution in [-0.4, -0.2) is 49.3 Å². The van der Waals surface area contributed by atoms with E-state index >= 15 is 0 Å². The van der Waals surface area contributed by atoms with Crippen molar-refractivity contribution in [2.75, 3.05) is 27.9 Å². The third-order valence-corrected chi connectivity index (χ3v) is 3.88. The van der Waals surface area contributed by atoms with Crippen molar-refractivity contribution >= 4 is 21.8 Å². The molecule has 112 valence electrons. The Morgan fingerprint density at radius 3 is 2.40 bits per heavy atom. The van der Waals surface area contributed by atoms with Gasteiger partial charge in [-0.2, -0.15) is 0 Å². The second-order valence-electron chi connectivity index (χ2n) is 5.02. The molecule has 0 aliphatic rings. The SMILES string of the molecule is COc1cc(Br)c(OC)c(C(=O)N(C)C(C)(C)CO)c1. The maximum Gasteiger partial charge on any atom is 0.258 e. The van der Waals surface area contributed by atoms with Crippen molar-refractivity contribution in [3.63, 3.8) is 0 Å². The first-order valence-electron chi connectivity index (χ1n) is 6.09. The van der Waals surface area contributed by atoms with E-state index in [9.17, 15) is 9.90 Å². The predicted octanol–water partition coefficient (Wildman–Crippen LogP) is 2.31. The number of nitrogens with zero attached hydrogens (tertiary/aromatic N) is 1. The molecular formula is C14H20BrNO4. The summed E-state index contributed by atoms with van der Waals surface area (Å²) in [5.41, 5.74) is -0.291. The van der Waals surface area contributed by atoms with Gasteiger partial charge in [0.1, 0.15) is 11.5 Å². The minimum absolute atomic E-state index is 0.136. The summed E-state index contributed by atoms with van der Waals surface area (Å²) in [6.45, 7) is 3.43. The molecule has 0 atom stereocenters. The monoisotopic (exact) mass is 345 g/mol. The Hall–Kier alpha value is -1.27. The lowest BCUT2D eigenvalue weighted by Crippen LogP contribution is -2.47. The van der Waals surface area contributed by atoms with Gasteiger partial charge >= 0.3 is 0 Å². The van der Waals surface area contributed by atoms with Crippen LogP contribution in [0.5, 0.6) is 11.5 Å². The summed E-state index contributed by atoms with van der Waals surface area (Å²) in [5.74, 6) is 0.744.